The first-order valence-electron chi connectivity index (χ1n) is 7.33. The van der Waals surface area contributed by atoms with Crippen molar-refractivity contribution in [2.75, 3.05) is 26.7 Å². The van der Waals surface area contributed by atoms with E-state index in [4.69, 9.17) is 16.1 Å². The Labute approximate surface area is 138 Å². The van der Waals surface area contributed by atoms with Crippen molar-refractivity contribution in [2.45, 2.75) is 12.8 Å². The predicted molar refractivity (Wildman–Crippen MR) is 87.4 cm³/mol. The minimum absolute atomic E-state index is 0.0570. The normalized spacial score (nSPS) is 18.6. The van der Waals surface area contributed by atoms with Crippen molar-refractivity contribution in [3.05, 3.63) is 28.2 Å². The number of rotatable bonds is 4. The number of carbonyl (C=O) groups is 1. The molecule has 22 heavy (non-hydrogen) atoms. The average molecular weight is 340 g/mol. The van der Waals surface area contributed by atoms with Gasteiger partial charge in [0.05, 0.1) is 9.21 Å². The van der Waals surface area contributed by atoms with Gasteiger partial charge in [-0.05, 0) is 44.5 Å². The Kier molecular flexibility index (Phi) is 4.81. The van der Waals surface area contributed by atoms with Crippen LogP contribution in [-0.2, 0) is 0 Å². The molecule has 1 aliphatic rings. The molecule has 1 aliphatic heterocycles. The summed E-state index contributed by atoms with van der Waals surface area (Å²) < 4.78 is 5.98. The van der Waals surface area contributed by atoms with E-state index < -0.39 is 0 Å². The predicted octanol–water partition coefficient (Wildman–Crippen LogP) is 3.13. The van der Waals surface area contributed by atoms with Crippen LogP contribution < -0.4 is 5.32 Å². The van der Waals surface area contributed by atoms with Gasteiger partial charge in [0.25, 0.3) is 5.91 Å². The zero-order valence-electron chi connectivity index (χ0n) is 12.3. The lowest BCUT2D eigenvalue weighted by Crippen LogP contribution is -2.42. The molecule has 1 unspecified atom stereocenters. The highest BCUT2D eigenvalue weighted by atomic mass is 35.5. The fourth-order valence-corrected chi connectivity index (χ4v) is 3.80. The van der Waals surface area contributed by atoms with Crippen LogP contribution in [0.4, 0.5) is 0 Å². The molecule has 1 fully saturated rings. The number of nitrogens with one attached hydrogen (secondary N) is 1. The Balaban J connectivity index is 1.71. The maximum Gasteiger partial charge on any atom is 0.276 e. The molecule has 0 aliphatic carbocycles. The largest absolute Gasteiger partial charge is 0.355 e. The van der Waals surface area contributed by atoms with Crippen LogP contribution in [0, 0.1) is 5.92 Å². The zero-order valence-corrected chi connectivity index (χ0v) is 13.9. The van der Waals surface area contributed by atoms with Crippen molar-refractivity contribution in [1.82, 2.24) is 15.4 Å². The molecule has 2 aromatic rings. The molecule has 0 aromatic carbocycles. The van der Waals surface area contributed by atoms with Crippen molar-refractivity contribution >= 4 is 28.8 Å². The van der Waals surface area contributed by atoms with E-state index >= 15 is 0 Å². The van der Waals surface area contributed by atoms with Crippen LogP contribution >= 0.6 is 22.9 Å². The van der Waals surface area contributed by atoms with Crippen LogP contribution in [0.3, 0.4) is 0 Å². The maximum absolute atomic E-state index is 12.6. The molecule has 5 nitrogen and oxygen atoms in total. The topological polar surface area (TPSA) is 58.4 Å². The molecule has 2 aromatic heterocycles. The minimum Gasteiger partial charge on any atom is -0.355 e. The van der Waals surface area contributed by atoms with Gasteiger partial charge >= 0.3 is 0 Å². The Hall–Kier alpha value is -1.37. The molecule has 3 rings (SSSR count). The fraction of sp³-hybridized carbons (Fsp3) is 0.467. The van der Waals surface area contributed by atoms with Crippen molar-refractivity contribution in [3.8, 4) is 10.6 Å². The summed E-state index contributed by atoms with van der Waals surface area (Å²) in [6.45, 7) is 2.49. The smallest absolute Gasteiger partial charge is 0.276 e. The first-order valence-corrected chi connectivity index (χ1v) is 8.53. The zero-order chi connectivity index (χ0) is 15.5. The number of carbonyl (C=O) groups excluding carboxylic acids is 1. The van der Waals surface area contributed by atoms with Gasteiger partial charge in [0.15, 0.2) is 11.5 Å². The third-order valence-electron chi connectivity index (χ3n) is 3.84. The molecule has 7 heteroatoms. The molecule has 0 saturated carbocycles. The summed E-state index contributed by atoms with van der Waals surface area (Å²) in [5.41, 5.74) is 0.365. The molecule has 3 heterocycles. The van der Waals surface area contributed by atoms with Gasteiger partial charge < -0.3 is 14.7 Å². The lowest BCUT2D eigenvalue weighted by molar-refractivity contribution is 0.0664. The molecule has 0 spiro atoms. The van der Waals surface area contributed by atoms with Gasteiger partial charge in [-0.1, -0.05) is 16.8 Å². The van der Waals surface area contributed by atoms with Gasteiger partial charge in [-0.25, -0.2) is 0 Å². The number of nitrogens with zero attached hydrogens (tertiary/aromatic N) is 2. The minimum atomic E-state index is -0.0570. The highest BCUT2D eigenvalue weighted by molar-refractivity contribution is 7.19. The molecule has 1 amide bonds. The quantitative estimate of drug-likeness (QED) is 0.929. The van der Waals surface area contributed by atoms with E-state index in [9.17, 15) is 4.79 Å². The number of piperidine rings is 1. The van der Waals surface area contributed by atoms with E-state index in [1.54, 1.807) is 12.1 Å². The van der Waals surface area contributed by atoms with Gasteiger partial charge in [0.1, 0.15) is 0 Å². The Morgan fingerprint density at radius 1 is 1.59 bits per heavy atom. The van der Waals surface area contributed by atoms with E-state index in [0.29, 0.717) is 21.7 Å². The summed E-state index contributed by atoms with van der Waals surface area (Å²) in [7, 11) is 1.94. The Morgan fingerprint density at radius 3 is 3.18 bits per heavy atom. The second-order valence-electron chi connectivity index (χ2n) is 5.50. The summed E-state index contributed by atoms with van der Waals surface area (Å²) in [6, 6.07) is 5.37. The lowest BCUT2D eigenvalue weighted by atomic mass is 9.98. The van der Waals surface area contributed by atoms with Crippen molar-refractivity contribution in [3.63, 3.8) is 0 Å². The monoisotopic (exact) mass is 339 g/mol. The molecular weight excluding hydrogens is 322 g/mol. The maximum atomic E-state index is 12.6. The van der Waals surface area contributed by atoms with Crippen LogP contribution in [0.2, 0.25) is 4.34 Å². The van der Waals surface area contributed by atoms with Crippen molar-refractivity contribution in [1.29, 1.82) is 0 Å². The number of likely N-dealkylation sites (tertiary alicyclic amines) is 1. The number of hydrogen-bond acceptors (Lipinski definition) is 5. The summed E-state index contributed by atoms with van der Waals surface area (Å²) in [4.78, 5) is 15.3. The number of hydrogen-bond donors (Lipinski definition) is 1. The number of amides is 1. The second-order valence-corrected chi connectivity index (χ2v) is 7.21. The summed E-state index contributed by atoms with van der Waals surface area (Å²) >= 11 is 7.33. The second kappa shape index (κ2) is 6.81. The summed E-state index contributed by atoms with van der Waals surface area (Å²) in [5, 5.41) is 7.11. The Bertz CT molecular complexity index is 653. The van der Waals surface area contributed by atoms with Crippen LogP contribution in [-0.4, -0.2) is 42.6 Å². The van der Waals surface area contributed by atoms with E-state index in [-0.39, 0.29) is 5.91 Å². The SMILES string of the molecule is CNCC1CCCN(C(=O)c2cc(-c3ccc(Cl)s3)on2)C1. The number of thiophene rings is 1. The molecule has 1 saturated heterocycles. The molecule has 1 N–H and O–H groups in total. The highest BCUT2D eigenvalue weighted by Gasteiger charge is 2.26. The van der Waals surface area contributed by atoms with Gasteiger partial charge in [0, 0.05) is 19.2 Å². The molecule has 0 bridgehead atoms. The molecular formula is C15H18ClN3O2S. The van der Waals surface area contributed by atoms with Gasteiger partial charge in [-0.2, -0.15) is 0 Å². The van der Waals surface area contributed by atoms with Crippen LogP contribution in [0.5, 0.6) is 0 Å². The van der Waals surface area contributed by atoms with Crippen molar-refractivity contribution in [2.24, 2.45) is 5.92 Å². The van der Waals surface area contributed by atoms with Crippen LogP contribution in [0.1, 0.15) is 23.3 Å². The third-order valence-corrected chi connectivity index (χ3v) is 5.09. The van der Waals surface area contributed by atoms with Gasteiger partial charge in [-0.3, -0.25) is 4.79 Å². The fourth-order valence-electron chi connectivity index (χ4n) is 2.81. The molecule has 0 radical (unpaired) electrons. The number of aromatic nitrogens is 1. The highest BCUT2D eigenvalue weighted by Crippen LogP contribution is 2.31. The standard InChI is InChI=1S/C15H18ClN3O2S/c1-17-8-10-3-2-6-19(9-10)15(20)11-7-12(21-18-11)13-4-5-14(16)22-13/h4-5,7,10,17H,2-3,6,8-9H2,1H3. The summed E-state index contributed by atoms with van der Waals surface area (Å²) in [5.74, 6) is 1.03. The lowest BCUT2D eigenvalue weighted by Gasteiger charge is -2.32. The molecule has 118 valence electrons. The Morgan fingerprint density at radius 2 is 2.45 bits per heavy atom. The van der Waals surface area contributed by atoms with E-state index in [0.717, 1.165) is 37.4 Å². The van der Waals surface area contributed by atoms with Gasteiger partial charge in [0.2, 0.25) is 0 Å². The van der Waals surface area contributed by atoms with Crippen LogP contribution in [0.15, 0.2) is 22.7 Å². The van der Waals surface area contributed by atoms with E-state index in [2.05, 4.69) is 10.5 Å². The third kappa shape index (κ3) is 3.34. The summed E-state index contributed by atoms with van der Waals surface area (Å²) in [6.07, 6.45) is 2.19. The van der Waals surface area contributed by atoms with E-state index in [1.165, 1.54) is 11.3 Å². The average Bonchev–Trinajstić information content (AvgIpc) is 3.16. The number of halogens is 1. The molecule has 1 atom stereocenters. The van der Waals surface area contributed by atoms with Crippen LogP contribution in [0.25, 0.3) is 10.6 Å². The van der Waals surface area contributed by atoms with Crippen molar-refractivity contribution < 1.29 is 9.32 Å². The van der Waals surface area contributed by atoms with Gasteiger partial charge in [-0.15, -0.1) is 11.3 Å². The first kappa shape index (κ1) is 15.5. The first-order chi connectivity index (χ1) is 10.7. The van der Waals surface area contributed by atoms with E-state index in [1.807, 2.05) is 18.0 Å².